The second-order valence-corrected chi connectivity index (χ2v) is 7.24. The van der Waals surface area contributed by atoms with E-state index in [1.54, 1.807) is 30.4 Å². The minimum Gasteiger partial charge on any atom is -0.454 e. The lowest BCUT2D eigenvalue weighted by atomic mass is 10.0. The van der Waals surface area contributed by atoms with E-state index in [1.165, 1.54) is 5.56 Å². The van der Waals surface area contributed by atoms with Gasteiger partial charge in [0, 0.05) is 12.0 Å². The van der Waals surface area contributed by atoms with Crippen LogP contribution in [0, 0.1) is 0 Å². The minimum atomic E-state index is -0.787. The highest BCUT2D eigenvalue weighted by molar-refractivity contribution is 7.18. The van der Waals surface area contributed by atoms with Gasteiger partial charge in [0.05, 0.1) is 21.6 Å². The molecule has 3 rings (SSSR count). The van der Waals surface area contributed by atoms with Gasteiger partial charge in [-0.3, -0.25) is 9.59 Å². The molecule has 0 saturated heterocycles. The van der Waals surface area contributed by atoms with Gasteiger partial charge in [-0.1, -0.05) is 43.3 Å². The summed E-state index contributed by atoms with van der Waals surface area (Å²) in [6.07, 6.45) is 0.867. The van der Waals surface area contributed by atoms with Gasteiger partial charge in [0.2, 0.25) is 5.78 Å². The highest BCUT2D eigenvalue weighted by Crippen LogP contribution is 2.22. The molecule has 3 aromatic rings. The summed E-state index contributed by atoms with van der Waals surface area (Å²) < 4.78 is 6.41. The number of ketones is 1. The zero-order valence-electron chi connectivity index (χ0n) is 14.9. The van der Waals surface area contributed by atoms with E-state index in [1.807, 2.05) is 36.4 Å². The molecule has 0 amide bonds. The number of Topliss-reactive ketones (excluding diaryl/α,β-unsaturated/α-hetero) is 1. The second kappa shape index (κ2) is 8.23. The number of carbonyl (C=O) groups excluding carboxylic acids is 2. The van der Waals surface area contributed by atoms with E-state index >= 15 is 0 Å². The van der Waals surface area contributed by atoms with Gasteiger partial charge < -0.3 is 4.74 Å². The Morgan fingerprint density at radius 3 is 2.54 bits per heavy atom. The van der Waals surface area contributed by atoms with Gasteiger partial charge in [0.15, 0.2) is 6.10 Å². The number of para-hydroxylation sites is 1. The minimum absolute atomic E-state index is 0.180. The number of hydrogen-bond donors (Lipinski definition) is 0. The number of benzene rings is 2. The van der Waals surface area contributed by atoms with E-state index in [-0.39, 0.29) is 18.2 Å². The van der Waals surface area contributed by atoms with Crippen molar-refractivity contribution < 1.29 is 14.3 Å². The number of hydrogen-bond acceptors (Lipinski definition) is 5. The molecular weight excluding hydrogens is 346 g/mol. The van der Waals surface area contributed by atoms with Crippen LogP contribution >= 0.6 is 11.3 Å². The molecule has 2 aromatic carbocycles. The Morgan fingerprint density at radius 1 is 1.12 bits per heavy atom. The van der Waals surface area contributed by atoms with Crippen molar-refractivity contribution in [3.05, 3.63) is 64.7 Å². The second-order valence-electron chi connectivity index (χ2n) is 6.12. The van der Waals surface area contributed by atoms with Crippen LogP contribution in [-0.4, -0.2) is 22.8 Å². The predicted octanol–water partition coefficient (Wildman–Crippen LogP) is 4.61. The first-order valence-electron chi connectivity index (χ1n) is 8.74. The van der Waals surface area contributed by atoms with Gasteiger partial charge >= 0.3 is 5.97 Å². The Kier molecular flexibility index (Phi) is 5.78. The van der Waals surface area contributed by atoms with Crippen molar-refractivity contribution in [3.8, 4) is 0 Å². The van der Waals surface area contributed by atoms with Crippen molar-refractivity contribution in [1.29, 1.82) is 0 Å². The number of thiazole rings is 1. The average Bonchev–Trinajstić information content (AvgIpc) is 3.09. The number of ether oxygens (including phenoxy) is 1. The van der Waals surface area contributed by atoms with E-state index in [2.05, 4.69) is 11.9 Å². The molecule has 0 aliphatic heterocycles. The third-order valence-corrected chi connectivity index (χ3v) is 5.30. The molecular formula is C21H21NO3S. The fourth-order valence-electron chi connectivity index (χ4n) is 2.68. The molecule has 5 heteroatoms. The van der Waals surface area contributed by atoms with Gasteiger partial charge in [-0.05, 0) is 31.0 Å². The molecule has 26 heavy (non-hydrogen) atoms. The summed E-state index contributed by atoms with van der Waals surface area (Å²) in [5.74, 6) is -0.559. The van der Waals surface area contributed by atoms with Gasteiger partial charge in [-0.15, -0.1) is 11.3 Å². The number of aryl methyl sites for hydroxylation is 2. The quantitative estimate of drug-likeness (QED) is 0.452. The van der Waals surface area contributed by atoms with E-state index in [4.69, 9.17) is 4.74 Å². The monoisotopic (exact) mass is 367 g/mol. The molecule has 0 radical (unpaired) electrons. The summed E-state index contributed by atoms with van der Waals surface area (Å²) in [5.41, 5.74) is 2.68. The van der Waals surface area contributed by atoms with E-state index < -0.39 is 6.10 Å². The van der Waals surface area contributed by atoms with Crippen LogP contribution in [-0.2, 0) is 22.4 Å². The van der Waals surface area contributed by atoms with Crippen molar-refractivity contribution in [2.24, 2.45) is 0 Å². The van der Waals surface area contributed by atoms with E-state index in [9.17, 15) is 9.59 Å². The molecule has 1 aromatic heterocycles. The smallest absolute Gasteiger partial charge is 0.306 e. The van der Waals surface area contributed by atoms with E-state index in [0.29, 0.717) is 12.0 Å². The summed E-state index contributed by atoms with van der Waals surface area (Å²) >= 11 is 1.58. The van der Waals surface area contributed by atoms with Crippen LogP contribution < -0.4 is 0 Å². The molecule has 0 aliphatic rings. The lowest BCUT2D eigenvalue weighted by molar-refractivity contribution is -0.146. The van der Waals surface area contributed by atoms with Crippen LogP contribution in [0.15, 0.2) is 48.5 Å². The maximum absolute atomic E-state index is 12.4. The Morgan fingerprint density at radius 2 is 1.85 bits per heavy atom. The van der Waals surface area contributed by atoms with Crippen LogP contribution in [0.5, 0.6) is 0 Å². The van der Waals surface area contributed by atoms with Crippen molar-refractivity contribution in [1.82, 2.24) is 4.98 Å². The number of esters is 1. The lowest BCUT2D eigenvalue weighted by Crippen LogP contribution is -2.24. The number of rotatable bonds is 7. The largest absolute Gasteiger partial charge is 0.454 e. The van der Waals surface area contributed by atoms with Gasteiger partial charge in [0.1, 0.15) is 0 Å². The molecule has 1 atom stereocenters. The zero-order chi connectivity index (χ0) is 18.5. The molecule has 0 aliphatic carbocycles. The Hall–Kier alpha value is -2.53. The van der Waals surface area contributed by atoms with Crippen molar-refractivity contribution in [2.45, 2.75) is 39.2 Å². The van der Waals surface area contributed by atoms with Crippen LogP contribution in [0.2, 0.25) is 0 Å². The number of carbonyl (C=O) groups is 2. The molecule has 134 valence electrons. The fourth-order valence-corrected chi connectivity index (χ4v) is 3.65. The summed E-state index contributed by atoms with van der Waals surface area (Å²) in [6, 6.07) is 15.3. The highest BCUT2D eigenvalue weighted by Gasteiger charge is 2.19. The normalized spacial score (nSPS) is 12.1. The van der Waals surface area contributed by atoms with Crippen LogP contribution in [0.4, 0.5) is 0 Å². The van der Waals surface area contributed by atoms with Crippen molar-refractivity contribution in [3.63, 3.8) is 0 Å². The first-order chi connectivity index (χ1) is 12.6. The highest BCUT2D eigenvalue weighted by atomic mass is 32.1. The Labute approximate surface area is 156 Å². The summed E-state index contributed by atoms with van der Waals surface area (Å²) in [4.78, 5) is 29.0. The standard InChI is InChI=1S/C21H21NO3S/c1-3-15-8-10-16(11-9-15)21(24)14(2)25-20(23)13-12-19-22-17-6-4-5-7-18(17)26-19/h4-11,14H,3,12-13H2,1-2H3/t14-/m0/s1. The molecule has 0 spiro atoms. The maximum Gasteiger partial charge on any atom is 0.306 e. The molecule has 0 N–H and O–H groups in total. The third kappa shape index (κ3) is 4.35. The topological polar surface area (TPSA) is 56.3 Å². The maximum atomic E-state index is 12.4. The summed E-state index contributed by atoms with van der Waals surface area (Å²) in [5, 5.41) is 0.900. The molecule has 4 nitrogen and oxygen atoms in total. The first kappa shape index (κ1) is 18.3. The Bertz CT molecular complexity index is 881. The zero-order valence-corrected chi connectivity index (χ0v) is 15.7. The van der Waals surface area contributed by atoms with E-state index in [0.717, 1.165) is 21.6 Å². The SMILES string of the molecule is CCc1ccc(C(=O)[C@H](C)OC(=O)CCc2nc3ccccc3s2)cc1. The van der Waals surface area contributed by atoms with Crippen LogP contribution in [0.25, 0.3) is 10.2 Å². The number of fused-ring (bicyclic) bond motifs is 1. The fraction of sp³-hybridized carbons (Fsp3) is 0.286. The number of aromatic nitrogens is 1. The summed E-state index contributed by atoms with van der Waals surface area (Å²) in [7, 11) is 0. The predicted molar refractivity (Wildman–Crippen MR) is 104 cm³/mol. The molecule has 0 bridgehead atoms. The van der Waals surface area contributed by atoms with Crippen molar-refractivity contribution >= 4 is 33.3 Å². The van der Waals surface area contributed by atoms with Gasteiger partial charge in [-0.2, -0.15) is 0 Å². The summed E-state index contributed by atoms with van der Waals surface area (Å²) in [6.45, 7) is 3.68. The van der Waals surface area contributed by atoms with Crippen LogP contribution in [0.1, 0.15) is 41.2 Å². The van der Waals surface area contributed by atoms with Gasteiger partial charge in [0.25, 0.3) is 0 Å². The molecule has 0 fully saturated rings. The lowest BCUT2D eigenvalue weighted by Gasteiger charge is -2.12. The van der Waals surface area contributed by atoms with Crippen LogP contribution in [0.3, 0.4) is 0 Å². The van der Waals surface area contributed by atoms with Crippen molar-refractivity contribution in [2.75, 3.05) is 0 Å². The number of nitrogens with zero attached hydrogens (tertiary/aromatic N) is 1. The molecule has 0 saturated carbocycles. The third-order valence-electron chi connectivity index (χ3n) is 4.21. The average molecular weight is 367 g/mol. The Balaban J connectivity index is 1.53. The van der Waals surface area contributed by atoms with Gasteiger partial charge in [-0.25, -0.2) is 4.98 Å². The molecule has 1 heterocycles. The first-order valence-corrected chi connectivity index (χ1v) is 9.55. The molecule has 0 unspecified atom stereocenters.